The van der Waals surface area contributed by atoms with Crippen LogP contribution in [-0.2, 0) is 4.79 Å². The van der Waals surface area contributed by atoms with Crippen LogP contribution in [0.5, 0.6) is 0 Å². The molecule has 21 heavy (non-hydrogen) atoms. The lowest BCUT2D eigenvalue weighted by Crippen LogP contribution is -2.41. The molecule has 0 saturated carbocycles. The third-order valence-corrected chi connectivity index (χ3v) is 3.47. The molecule has 118 valence electrons. The van der Waals surface area contributed by atoms with Gasteiger partial charge in [0.1, 0.15) is 6.04 Å². The Balaban J connectivity index is 2.76. The second-order valence-electron chi connectivity index (χ2n) is 5.62. The van der Waals surface area contributed by atoms with E-state index in [9.17, 15) is 9.59 Å². The quantitative estimate of drug-likeness (QED) is 0.769. The van der Waals surface area contributed by atoms with Gasteiger partial charge in [0.25, 0.3) is 5.91 Å². The molecule has 1 atom stereocenters. The molecular weight excluding hydrogens is 272 g/mol. The summed E-state index contributed by atoms with van der Waals surface area (Å²) in [5.74, 6) is -1.10. The molecule has 2 N–H and O–H groups in total. The summed E-state index contributed by atoms with van der Waals surface area (Å²) < 4.78 is 5.04. The highest BCUT2D eigenvalue weighted by molar-refractivity contribution is 5.94. The zero-order valence-corrected chi connectivity index (χ0v) is 13.0. The number of hydrogen-bond donors (Lipinski definition) is 2. The average Bonchev–Trinajstić information content (AvgIpc) is 2.88. The fraction of sp³-hybridized carbons (Fsp3) is 0.667. The standard InChI is InChI=1S/C15H24N2O4/c1-5-10(6-2)11-8-13(21-17-11)14(18)16-12(15(19)20)7-9(3)4/h8-10,12H,5-7H2,1-4H3,(H,16,18)(H,19,20)/t12-/m0/s1. The maximum absolute atomic E-state index is 12.0. The van der Waals surface area contributed by atoms with Crippen LogP contribution in [0.25, 0.3) is 0 Å². The first kappa shape index (κ1) is 17.2. The van der Waals surface area contributed by atoms with Gasteiger partial charge in [0.2, 0.25) is 5.76 Å². The zero-order chi connectivity index (χ0) is 16.0. The van der Waals surface area contributed by atoms with Crippen molar-refractivity contribution in [1.82, 2.24) is 10.5 Å². The Morgan fingerprint density at radius 3 is 2.43 bits per heavy atom. The summed E-state index contributed by atoms with van der Waals surface area (Å²) in [6, 6.07) is 0.681. The van der Waals surface area contributed by atoms with Crippen LogP contribution in [0.2, 0.25) is 0 Å². The first-order valence-electron chi connectivity index (χ1n) is 7.39. The third-order valence-electron chi connectivity index (χ3n) is 3.47. The second-order valence-corrected chi connectivity index (χ2v) is 5.62. The minimum Gasteiger partial charge on any atom is -0.480 e. The topological polar surface area (TPSA) is 92.4 Å². The van der Waals surface area contributed by atoms with E-state index in [-0.39, 0.29) is 17.6 Å². The molecule has 6 nitrogen and oxygen atoms in total. The number of aromatic nitrogens is 1. The predicted octanol–water partition coefficient (Wildman–Crippen LogP) is 2.81. The Morgan fingerprint density at radius 2 is 1.95 bits per heavy atom. The monoisotopic (exact) mass is 296 g/mol. The number of amides is 1. The van der Waals surface area contributed by atoms with E-state index in [0.29, 0.717) is 6.42 Å². The largest absolute Gasteiger partial charge is 0.480 e. The molecule has 0 fully saturated rings. The fourth-order valence-electron chi connectivity index (χ4n) is 2.22. The molecule has 0 aliphatic rings. The lowest BCUT2D eigenvalue weighted by molar-refractivity contribution is -0.139. The van der Waals surface area contributed by atoms with Crippen molar-refractivity contribution in [3.63, 3.8) is 0 Å². The average molecular weight is 296 g/mol. The fourth-order valence-corrected chi connectivity index (χ4v) is 2.22. The molecule has 1 aromatic heterocycles. The van der Waals surface area contributed by atoms with E-state index < -0.39 is 17.9 Å². The summed E-state index contributed by atoms with van der Waals surface area (Å²) >= 11 is 0. The van der Waals surface area contributed by atoms with Crippen LogP contribution >= 0.6 is 0 Å². The van der Waals surface area contributed by atoms with E-state index in [4.69, 9.17) is 9.63 Å². The number of nitrogens with zero attached hydrogens (tertiary/aromatic N) is 1. The SMILES string of the molecule is CCC(CC)c1cc(C(=O)N[C@@H](CC(C)C)C(=O)O)on1. The summed E-state index contributed by atoms with van der Waals surface area (Å²) in [6.45, 7) is 7.90. The maximum Gasteiger partial charge on any atom is 0.326 e. The van der Waals surface area contributed by atoms with Crippen molar-refractivity contribution >= 4 is 11.9 Å². The van der Waals surface area contributed by atoms with Gasteiger partial charge in [-0.25, -0.2) is 4.79 Å². The molecule has 0 aliphatic heterocycles. The van der Waals surface area contributed by atoms with Gasteiger partial charge in [0, 0.05) is 12.0 Å². The van der Waals surface area contributed by atoms with Gasteiger partial charge in [-0.1, -0.05) is 32.9 Å². The number of aliphatic carboxylic acids is 1. The van der Waals surface area contributed by atoms with Gasteiger partial charge in [-0.15, -0.1) is 0 Å². The van der Waals surface area contributed by atoms with Crippen molar-refractivity contribution < 1.29 is 19.2 Å². The lowest BCUT2D eigenvalue weighted by Gasteiger charge is -2.15. The Kier molecular flexibility index (Phi) is 6.39. The lowest BCUT2D eigenvalue weighted by atomic mass is 9.99. The Labute approximate surface area is 124 Å². The molecule has 1 rings (SSSR count). The second kappa shape index (κ2) is 7.81. The van der Waals surface area contributed by atoms with Gasteiger partial charge in [-0.05, 0) is 25.2 Å². The van der Waals surface area contributed by atoms with Gasteiger partial charge < -0.3 is 14.9 Å². The summed E-state index contributed by atoms with van der Waals surface area (Å²) in [7, 11) is 0. The molecule has 0 saturated heterocycles. The predicted molar refractivity (Wildman–Crippen MR) is 78.2 cm³/mol. The number of hydrogen-bond acceptors (Lipinski definition) is 4. The zero-order valence-electron chi connectivity index (χ0n) is 13.0. The minimum atomic E-state index is -1.04. The van der Waals surface area contributed by atoms with Crippen molar-refractivity contribution in [2.45, 2.75) is 58.9 Å². The van der Waals surface area contributed by atoms with E-state index in [1.165, 1.54) is 0 Å². The van der Waals surface area contributed by atoms with Crippen molar-refractivity contribution in [1.29, 1.82) is 0 Å². The van der Waals surface area contributed by atoms with Crippen LogP contribution < -0.4 is 5.32 Å². The van der Waals surface area contributed by atoms with E-state index in [0.717, 1.165) is 18.5 Å². The van der Waals surface area contributed by atoms with E-state index in [2.05, 4.69) is 10.5 Å². The molecule has 0 bridgehead atoms. The molecule has 0 spiro atoms. The van der Waals surface area contributed by atoms with Gasteiger partial charge in [-0.2, -0.15) is 0 Å². The molecule has 6 heteroatoms. The first-order chi connectivity index (χ1) is 9.88. The normalized spacial score (nSPS) is 12.7. The van der Waals surface area contributed by atoms with Gasteiger partial charge in [0.05, 0.1) is 5.69 Å². The van der Waals surface area contributed by atoms with Crippen molar-refractivity contribution in [2.24, 2.45) is 5.92 Å². The van der Waals surface area contributed by atoms with Gasteiger partial charge >= 0.3 is 5.97 Å². The van der Waals surface area contributed by atoms with E-state index >= 15 is 0 Å². The molecule has 1 amide bonds. The van der Waals surface area contributed by atoms with Gasteiger partial charge in [0.15, 0.2) is 0 Å². The van der Waals surface area contributed by atoms with Crippen LogP contribution in [-0.4, -0.2) is 28.2 Å². The number of carbonyl (C=O) groups is 2. The van der Waals surface area contributed by atoms with E-state index in [1.807, 2.05) is 27.7 Å². The maximum atomic E-state index is 12.0. The highest BCUT2D eigenvalue weighted by Crippen LogP contribution is 2.22. The van der Waals surface area contributed by atoms with E-state index in [1.54, 1.807) is 6.07 Å². The number of carbonyl (C=O) groups excluding carboxylic acids is 1. The van der Waals surface area contributed by atoms with Crippen LogP contribution in [0.1, 0.15) is 69.1 Å². The number of carboxylic acids is 1. The smallest absolute Gasteiger partial charge is 0.326 e. The molecule has 0 aliphatic carbocycles. The summed E-state index contributed by atoms with van der Waals surface area (Å²) in [4.78, 5) is 23.2. The van der Waals surface area contributed by atoms with Crippen molar-refractivity contribution in [3.8, 4) is 0 Å². The number of carboxylic acid groups (broad SMARTS) is 1. The van der Waals surface area contributed by atoms with Crippen molar-refractivity contribution in [3.05, 3.63) is 17.5 Å². The van der Waals surface area contributed by atoms with Gasteiger partial charge in [-0.3, -0.25) is 4.79 Å². The molecule has 1 heterocycles. The summed E-state index contributed by atoms with van der Waals surface area (Å²) in [5.41, 5.74) is 0.737. The van der Waals surface area contributed by atoms with Crippen LogP contribution in [0.3, 0.4) is 0 Å². The summed E-state index contributed by atoms with van der Waals surface area (Å²) in [5, 5.41) is 15.5. The minimum absolute atomic E-state index is 0.0620. The third kappa shape index (κ3) is 4.88. The Morgan fingerprint density at radius 1 is 1.33 bits per heavy atom. The Bertz CT molecular complexity index is 478. The summed E-state index contributed by atoms with van der Waals surface area (Å²) in [6.07, 6.45) is 2.19. The molecule has 0 radical (unpaired) electrons. The first-order valence-corrected chi connectivity index (χ1v) is 7.39. The highest BCUT2D eigenvalue weighted by atomic mass is 16.5. The number of rotatable bonds is 8. The molecular formula is C15H24N2O4. The molecule has 0 aromatic carbocycles. The highest BCUT2D eigenvalue weighted by Gasteiger charge is 2.24. The molecule has 1 aromatic rings. The number of nitrogens with one attached hydrogen (secondary N) is 1. The van der Waals surface area contributed by atoms with Crippen molar-refractivity contribution in [2.75, 3.05) is 0 Å². The Hall–Kier alpha value is -1.85. The van der Waals surface area contributed by atoms with Crippen LogP contribution in [0.4, 0.5) is 0 Å². The van der Waals surface area contributed by atoms with Crippen LogP contribution in [0, 0.1) is 5.92 Å². The van der Waals surface area contributed by atoms with Crippen LogP contribution in [0.15, 0.2) is 10.6 Å². The molecule has 0 unspecified atom stereocenters.